The molecule has 1 aliphatic heterocycles. The van der Waals surface area contributed by atoms with Gasteiger partial charge in [-0.1, -0.05) is 0 Å². The third-order valence-corrected chi connectivity index (χ3v) is 4.38. The topological polar surface area (TPSA) is 75.4 Å². The van der Waals surface area contributed by atoms with Gasteiger partial charge in [0.25, 0.3) is 0 Å². The van der Waals surface area contributed by atoms with E-state index in [0.717, 1.165) is 37.4 Å². The summed E-state index contributed by atoms with van der Waals surface area (Å²) in [7, 11) is 0. The van der Waals surface area contributed by atoms with E-state index in [-0.39, 0.29) is 11.8 Å². The second kappa shape index (κ2) is 6.16. The molecule has 6 heteroatoms. The number of thiophene rings is 1. The second-order valence-electron chi connectivity index (χ2n) is 4.83. The van der Waals surface area contributed by atoms with Crippen molar-refractivity contribution in [1.82, 2.24) is 10.2 Å². The molecule has 1 saturated heterocycles. The molecule has 0 aromatic carbocycles. The smallest absolute Gasteiger partial charge is 0.249 e. The monoisotopic (exact) mass is 281 g/mol. The van der Waals surface area contributed by atoms with Crippen LogP contribution in [-0.2, 0) is 11.3 Å². The quantitative estimate of drug-likeness (QED) is 0.862. The standard InChI is InChI=1S/C13H19N3O2S/c1-9(17)16-4-2-11(3-5-16)15-7-12-6-10(8-19-12)13(14)18/h6,8,11,15H,2-5,7H2,1H3,(H2,14,18). The average Bonchev–Trinajstić information content (AvgIpc) is 2.86. The van der Waals surface area contributed by atoms with Crippen LogP contribution in [0.4, 0.5) is 0 Å². The Morgan fingerprint density at radius 3 is 2.68 bits per heavy atom. The lowest BCUT2D eigenvalue weighted by atomic mass is 10.1. The molecule has 1 fully saturated rings. The first kappa shape index (κ1) is 14.0. The molecule has 1 aromatic rings. The maximum absolute atomic E-state index is 11.2. The van der Waals surface area contributed by atoms with Crippen molar-refractivity contribution in [3.8, 4) is 0 Å². The molecule has 0 bridgehead atoms. The largest absolute Gasteiger partial charge is 0.366 e. The highest BCUT2D eigenvalue weighted by atomic mass is 32.1. The minimum Gasteiger partial charge on any atom is -0.366 e. The van der Waals surface area contributed by atoms with Gasteiger partial charge in [-0.25, -0.2) is 0 Å². The Hall–Kier alpha value is -1.40. The van der Waals surface area contributed by atoms with Crippen LogP contribution >= 0.6 is 11.3 Å². The van der Waals surface area contributed by atoms with E-state index in [4.69, 9.17) is 5.73 Å². The fourth-order valence-corrected chi connectivity index (χ4v) is 3.07. The second-order valence-corrected chi connectivity index (χ2v) is 5.82. The van der Waals surface area contributed by atoms with Crippen molar-refractivity contribution in [3.05, 3.63) is 21.9 Å². The first-order valence-corrected chi connectivity index (χ1v) is 7.30. The number of hydrogen-bond acceptors (Lipinski definition) is 4. The summed E-state index contributed by atoms with van der Waals surface area (Å²) in [5.41, 5.74) is 5.80. The van der Waals surface area contributed by atoms with Crippen molar-refractivity contribution < 1.29 is 9.59 Å². The van der Waals surface area contributed by atoms with E-state index < -0.39 is 0 Å². The summed E-state index contributed by atoms with van der Waals surface area (Å²) in [6.07, 6.45) is 1.96. The highest BCUT2D eigenvalue weighted by molar-refractivity contribution is 7.10. The Balaban J connectivity index is 1.77. The zero-order valence-electron chi connectivity index (χ0n) is 11.0. The average molecular weight is 281 g/mol. The maximum atomic E-state index is 11.2. The first-order chi connectivity index (χ1) is 9.06. The van der Waals surface area contributed by atoms with Crippen molar-refractivity contribution in [2.45, 2.75) is 32.4 Å². The van der Waals surface area contributed by atoms with Gasteiger partial charge < -0.3 is 16.0 Å². The molecule has 2 heterocycles. The summed E-state index contributed by atoms with van der Waals surface area (Å²) < 4.78 is 0. The predicted octanol–water partition coefficient (Wildman–Crippen LogP) is 0.947. The lowest BCUT2D eigenvalue weighted by Crippen LogP contribution is -2.43. The Morgan fingerprint density at radius 1 is 1.47 bits per heavy atom. The summed E-state index contributed by atoms with van der Waals surface area (Å²) in [4.78, 5) is 25.2. The maximum Gasteiger partial charge on any atom is 0.249 e. The van der Waals surface area contributed by atoms with Crippen LogP contribution < -0.4 is 11.1 Å². The van der Waals surface area contributed by atoms with Gasteiger partial charge in [-0.2, -0.15) is 0 Å². The number of primary amides is 1. The van der Waals surface area contributed by atoms with Crippen molar-refractivity contribution in [2.24, 2.45) is 5.73 Å². The van der Waals surface area contributed by atoms with Gasteiger partial charge in [0.1, 0.15) is 0 Å². The van der Waals surface area contributed by atoms with Crippen molar-refractivity contribution in [3.63, 3.8) is 0 Å². The van der Waals surface area contributed by atoms with Crippen LogP contribution in [0, 0.1) is 0 Å². The molecule has 0 atom stereocenters. The number of likely N-dealkylation sites (tertiary alicyclic amines) is 1. The van der Waals surface area contributed by atoms with Crippen LogP contribution in [0.3, 0.4) is 0 Å². The zero-order valence-corrected chi connectivity index (χ0v) is 11.8. The van der Waals surface area contributed by atoms with Gasteiger partial charge in [0, 0.05) is 42.9 Å². The summed E-state index contributed by atoms with van der Waals surface area (Å²) in [5.74, 6) is -0.222. The molecular formula is C13H19N3O2S. The third-order valence-electron chi connectivity index (χ3n) is 3.44. The molecule has 5 nitrogen and oxygen atoms in total. The van der Waals surface area contributed by atoms with Gasteiger partial charge in [-0.15, -0.1) is 11.3 Å². The first-order valence-electron chi connectivity index (χ1n) is 6.42. The van der Waals surface area contributed by atoms with Crippen molar-refractivity contribution in [2.75, 3.05) is 13.1 Å². The van der Waals surface area contributed by atoms with E-state index in [1.54, 1.807) is 23.6 Å². The Kier molecular flexibility index (Phi) is 4.55. The van der Waals surface area contributed by atoms with Gasteiger partial charge >= 0.3 is 0 Å². The number of piperidine rings is 1. The number of rotatable bonds is 4. The molecule has 2 rings (SSSR count). The van der Waals surface area contributed by atoms with E-state index in [0.29, 0.717) is 11.6 Å². The summed E-state index contributed by atoms with van der Waals surface area (Å²) in [6, 6.07) is 2.28. The normalized spacial score (nSPS) is 16.6. The van der Waals surface area contributed by atoms with E-state index >= 15 is 0 Å². The van der Waals surface area contributed by atoms with Crippen LogP contribution in [0.5, 0.6) is 0 Å². The van der Waals surface area contributed by atoms with E-state index in [1.165, 1.54) is 0 Å². The van der Waals surface area contributed by atoms with E-state index in [9.17, 15) is 9.59 Å². The number of nitrogens with zero attached hydrogens (tertiary/aromatic N) is 1. The summed E-state index contributed by atoms with van der Waals surface area (Å²) in [6.45, 7) is 4.02. The van der Waals surface area contributed by atoms with Crippen LogP contribution in [0.25, 0.3) is 0 Å². The highest BCUT2D eigenvalue weighted by Crippen LogP contribution is 2.16. The van der Waals surface area contributed by atoms with E-state index in [2.05, 4.69) is 5.32 Å². The Morgan fingerprint density at radius 2 is 2.16 bits per heavy atom. The predicted molar refractivity (Wildman–Crippen MR) is 75.0 cm³/mol. The summed E-state index contributed by atoms with van der Waals surface area (Å²) >= 11 is 1.54. The third kappa shape index (κ3) is 3.78. The van der Waals surface area contributed by atoms with Crippen molar-refractivity contribution in [1.29, 1.82) is 0 Å². The SMILES string of the molecule is CC(=O)N1CCC(NCc2cc(C(N)=O)cs2)CC1. The van der Waals surface area contributed by atoms with Crippen LogP contribution in [-0.4, -0.2) is 35.8 Å². The van der Waals surface area contributed by atoms with Gasteiger partial charge in [0.05, 0.1) is 5.56 Å². The molecule has 104 valence electrons. The molecule has 0 unspecified atom stereocenters. The Labute approximate surface area is 116 Å². The number of hydrogen-bond donors (Lipinski definition) is 2. The summed E-state index contributed by atoms with van der Waals surface area (Å²) in [5, 5.41) is 5.26. The van der Waals surface area contributed by atoms with Gasteiger partial charge in [-0.3, -0.25) is 9.59 Å². The lowest BCUT2D eigenvalue weighted by molar-refractivity contribution is -0.129. The molecule has 0 aliphatic carbocycles. The van der Waals surface area contributed by atoms with Gasteiger partial charge in [0.2, 0.25) is 11.8 Å². The van der Waals surface area contributed by atoms with Crippen LogP contribution in [0.15, 0.2) is 11.4 Å². The fraction of sp³-hybridized carbons (Fsp3) is 0.538. The zero-order chi connectivity index (χ0) is 13.8. The number of carbonyl (C=O) groups excluding carboxylic acids is 2. The van der Waals surface area contributed by atoms with Gasteiger partial charge in [0.15, 0.2) is 0 Å². The molecule has 19 heavy (non-hydrogen) atoms. The number of nitrogens with two attached hydrogens (primary N) is 1. The minimum absolute atomic E-state index is 0.155. The van der Waals surface area contributed by atoms with Gasteiger partial charge in [-0.05, 0) is 18.9 Å². The molecule has 1 aromatic heterocycles. The molecule has 2 amide bonds. The van der Waals surface area contributed by atoms with Crippen LogP contribution in [0.2, 0.25) is 0 Å². The number of amides is 2. The van der Waals surface area contributed by atoms with E-state index in [1.807, 2.05) is 11.0 Å². The lowest BCUT2D eigenvalue weighted by Gasteiger charge is -2.31. The highest BCUT2D eigenvalue weighted by Gasteiger charge is 2.20. The molecule has 0 spiro atoms. The fourth-order valence-electron chi connectivity index (χ4n) is 2.25. The molecular weight excluding hydrogens is 262 g/mol. The Bertz CT molecular complexity index is 464. The minimum atomic E-state index is -0.378. The molecule has 3 N–H and O–H groups in total. The van der Waals surface area contributed by atoms with Crippen LogP contribution in [0.1, 0.15) is 35.0 Å². The molecule has 0 radical (unpaired) electrons. The number of nitrogens with one attached hydrogen (secondary N) is 1. The molecule has 0 saturated carbocycles. The number of carbonyl (C=O) groups is 2. The van der Waals surface area contributed by atoms with Crippen molar-refractivity contribution >= 4 is 23.2 Å². The molecule has 1 aliphatic rings.